The second-order valence-corrected chi connectivity index (χ2v) is 10.2. The molecule has 3 N–H and O–H groups in total. The molecule has 3 aromatic rings. The lowest BCUT2D eigenvalue weighted by atomic mass is 10.0. The van der Waals surface area contributed by atoms with Gasteiger partial charge in [-0.05, 0) is 35.6 Å². The number of aryl methyl sites for hydroxylation is 1. The first-order valence-corrected chi connectivity index (χ1v) is 13.5. The number of hydrogen-bond donors (Lipinski definition) is 3. The smallest absolute Gasteiger partial charge is 0.326 e. The summed E-state index contributed by atoms with van der Waals surface area (Å²) in [5.74, 6) is -2.08. The second-order valence-electron chi connectivity index (χ2n) is 10.2. The lowest BCUT2D eigenvalue weighted by Gasteiger charge is -2.27. The van der Waals surface area contributed by atoms with Gasteiger partial charge in [0.25, 0.3) is 0 Å². The standard InChI is InChI=1S/C32H35N3O5/c1-22-10-8-9-15-25(22)21-35-26(16-17-30(35)37)20-29(36)33-27(18-23-11-4-2-5-12-23)31(38)34-28(32(39)40)19-24-13-6-3-7-14-24/h2-15,26-28H,16-21H2,1H3,(H,33,36)(H,34,38)(H,39,40)/t26?,27-,28+/m1/s1. The molecule has 1 unspecified atom stereocenters. The van der Waals surface area contributed by atoms with E-state index in [0.29, 0.717) is 19.4 Å². The topological polar surface area (TPSA) is 116 Å². The van der Waals surface area contributed by atoms with Crippen molar-refractivity contribution in [3.63, 3.8) is 0 Å². The van der Waals surface area contributed by atoms with E-state index in [0.717, 1.165) is 22.3 Å². The molecule has 4 rings (SSSR count). The van der Waals surface area contributed by atoms with Crippen molar-refractivity contribution in [2.75, 3.05) is 0 Å². The van der Waals surface area contributed by atoms with Gasteiger partial charge in [-0.15, -0.1) is 0 Å². The maximum atomic E-state index is 13.4. The van der Waals surface area contributed by atoms with Crippen molar-refractivity contribution in [2.24, 2.45) is 0 Å². The molecule has 8 heteroatoms. The van der Waals surface area contributed by atoms with Crippen molar-refractivity contribution in [3.8, 4) is 0 Å². The number of carbonyl (C=O) groups excluding carboxylic acids is 3. The van der Waals surface area contributed by atoms with E-state index in [1.54, 1.807) is 17.0 Å². The number of hydrogen-bond acceptors (Lipinski definition) is 4. The number of nitrogens with zero attached hydrogens (tertiary/aromatic N) is 1. The van der Waals surface area contributed by atoms with Gasteiger partial charge in [0.2, 0.25) is 17.7 Å². The summed E-state index contributed by atoms with van der Waals surface area (Å²) < 4.78 is 0. The summed E-state index contributed by atoms with van der Waals surface area (Å²) in [4.78, 5) is 53.0. The van der Waals surface area contributed by atoms with Crippen molar-refractivity contribution in [1.29, 1.82) is 0 Å². The molecule has 3 amide bonds. The Hall–Kier alpha value is -4.46. The minimum Gasteiger partial charge on any atom is -0.480 e. The lowest BCUT2D eigenvalue weighted by Crippen LogP contribution is -2.53. The molecule has 1 aliphatic heterocycles. The van der Waals surface area contributed by atoms with E-state index in [-0.39, 0.29) is 37.1 Å². The van der Waals surface area contributed by atoms with Crippen LogP contribution in [0.4, 0.5) is 0 Å². The minimum atomic E-state index is -1.15. The Balaban J connectivity index is 1.45. The molecular formula is C32H35N3O5. The number of amides is 3. The van der Waals surface area contributed by atoms with Crippen LogP contribution in [0.2, 0.25) is 0 Å². The van der Waals surface area contributed by atoms with Gasteiger partial charge in [0.1, 0.15) is 12.1 Å². The van der Waals surface area contributed by atoms with Crippen LogP contribution in [-0.4, -0.2) is 51.8 Å². The summed E-state index contributed by atoms with van der Waals surface area (Å²) in [6.07, 6.45) is 1.31. The van der Waals surface area contributed by atoms with Gasteiger partial charge in [-0.1, -0.05) is 84.9 Å². The van der Waals surface area contributed by atoms with E-state index < -0.39 is 24.0 Å². The van der Waals surface area contributed by atoms with Crippen LogP contribution in [0.3, 0.4) is 0 Å². The van der Waals surface area contributed by atoms with E-state index in [1.165, 1.54) is 0 Å². The Morgan fingerprint density at radius 3 is 2.02 bits per heavy atom. The fraction of sp³-hybridized carbons (Fsp3) is 0.312. The highest BCUT2D eigenvalue weighted by atomic mass is 16.4. The molecule has 208 valence electrons. The molecule has 0 saturated carbocycles. The number of carboxylic acids is 1. The summed E-state index contributed by atoms with van der Waals surface area (Å²) in [5, 5.41) is 15.2. The molecule has 40 heavy (non-hydrogen) atoms. The van der Waals surface area contributed by atoms with Gasteiger partial charge >= 0.3 is 5.97 Å². The van der Waals surface area contributed by atoms with Crippen molar-refractivity contribution in [3.05, 3.63) is 107 Å². The third kappa shape index (κ3) is 7.79. The third-order valence-corrected chi connectivity index (χ3v) is 7.31. The second kappa shape index (κ2) is 13.6. The zero-order valence-corrected chi connectivity index (χ0v) is 22.6. The molecule has 1 aliphatic rings. The van der Waals surface area contributed by atoms with E-state index in [9.17, 15) is 24.3 Å². The maximum absolute atomic E-state index is 13.4. The van der Waals surface area contributed by atoms with Gasteiger partial charge in [-0.25, -0.2) is 4.79 Å². The number of nitrogens with one attached hydrogen (secondary N) is 2. The quantitative estimate of drug-likeness (QED) is 0.325. The third-order valence-electron chi connectivity index (χ3n) is 7.31. The summed E-state index contributed by atoms with van der Waals surface area (Å²) in [6, 6.07) is 23.7. The Labute approximate surface area is 234 Å². The first-order valence-electron chi connectivity index (χ1n) is 13.5. The number of benzene rings is 3. The summed E-state index contributed by atoms with van der Waals surface area (Å²) in [7, 11) is 0. The lowest BCUT2D eigenvalue weighted by molar-refractivity contribution is -0.142. The largest absolute Gasteiger partial charge is 0.480 e. The number of carbonyl (C=O) groups is 4. The highest BCUT2D eigenvalue weighted by molar-refractivity contribution is 5.91. The highest BCUT2D eigenvalue weighted by Gasteiger charge is 2.34. The number of aliphatic carboxylic acids is 1. The van der Waals surface area contributed by atoms with E-state index in [2.05, 4.69) is 10.6 Å². The van der Waals surface area contributed by atoms with Crippen LogP contribution in [0.1, 0.15) is 41.5 Å². The van der Waals surface area contributed by atoms with Gasteiger partial charge in [-0.2, -0.15) is 0 Å². The predicted molar refractivity (Wildman–Crippen MR) is 151 cm³/mol. The average Bonchev–Trinajstić information content (AvgIpc) is 3.28. The van der Waals surface area contributed by atoms with Gasteiger partial charge in [0, 0.05) is 38.3 Å². The first kappa shape index (κ1) is 28.5. The van der Waals surface area contributed by atoms with Crippen LogP contribution in [0, 0.1) is 6.92 Å². The van der Waals surface area contributed by atoms with Crippen LogP contribution < -0.4 is 10.6 Å². The molecule has 0 aromatic heterocycles. The highest BCUT2D eigenvalue weighted by Crippen LogP contribution is 2.25. The van der Waals surface area contributed by atoms with E-state index in [1.807, 2.05) is 79.7 Å². The Morgan fingerprint density at radius 1 is 0.850 bits per heavy atom. The fourth-order valence-corrected chi connectivity index (χ4v) is 5.04. The van der Waals surface area contributed by atoms with Gasteiger partial charge < -0.3 is 20.6 Å². The SMILES string of the molecule is Cc1ccccc1CN1C(=O)CCC1CC(=O)N[C@H](Cc1ccccc1)C(=O)N[C@@H](Cc1ccccc1)C(=O)O. The number of likely N-dealkylation sites (tertiary alicyclic amines) is 1. The summed E-state index contributed by atoms with van der Waals surface area (Å²) in [6.45, 7) is 2.42. The van der Waals surface area contributed by atoms with Gasteiger partial charge in [-0.3, -0.25) is 14.4 Å². The Bertz CT molecular complexity index is 1330. The van der Waals surface area contributed by atoms with Crippen molar-refractivity contribution in [2.45, 2.75) is 63.7 Å². The van der Waals surface area contributed by atoms with Gasteiger partial charge in [0.05, 0.1) is 0 Å². The predicted octanol–water partition coefficient (Wildman–Crippen LogP) is 3.42. The number of carboxylic acid groups (broad SMARTS) is 1. The van der Waals surface area contributed by atoms with Crippen molar-refractivity contribution < 1.29 is 24.3 Å². The van der Waals surface area contributed by atoms with Crippen LogP contribution in [-0.2, 0) is 38.6 Å². The van der Waals surface area contributed by atoms with Crippen LogP contribution in [0.5, 0.6) is 0 Å². The molecule has 0 bridgehead atoms. The molecule has 8 nitrogen and oxygen atoms in total. The molecule has 0 spiro atoms. The first-order chi connectivity index (χ1) is 19.3. The normalized spacial score (nSPS) is 16.3. The molecule has 1 fully saturated rings. The van der Waals surface area contributed by atoms with Crippen molar-refractivity contribution in [1.82, 2.24) is 15.5 Å². The Kier molecular flexibility index (Phi) is 9.67. The van der Waals surface area contributed by atoms with Crippen molar-refractivity contribution >= 4 is 23.7 Å². The zero-order valence-electron chi connectivity index (χ0n) is 22.6. The minimum absolute atomic E-state index is 0.00448. The van der Waals surface area contributed by atoms with Crippen LogP contribution in [0.25, 0.3) is 0 Å². The summed E-state index contributed by atoms with van der Waals surface area (Å²) >= 11 is 0. The molecular weight excluding hydrogens is 506 g/mol. The Morgan fingerprint density at radius 2 is 1.43 bits per heavy atom. The zero-order chi connectivity index (χ0) is 28.5. The van der Waals surface area contributed by atoms with E-state index >= 15 is 0 Å². The van der Waals surface area contributed by atoms with Crippen LogP contribution >= 0.6 is 0 Å². The van der Waals surface area contributed by atoms with Crippen LogP contribution in [0.15, 0.2) is 84.9 Å². The molecule has 1 saturated heterocycles. The monoisotopic (exact) mass is 541 g/mol. The number of rotatable bonds is 12. The average molecular weight is 542 g/mol. The molecule has 3 atom stereocenters. The molecule has 0 aliphatic carbocycles. The fourth-order valence-electron chi connectivity index (χ4n) is 5.04. The van der Waals surface area contributed by atoms with Gasteiger partial charge in [0.15, 0.2) is 0 Å². The maximum Gasteiger partial charge on any atom is 0.326 e. The molecule has 3 aromatic carbocycles. The van der Waals surface area contributed by atoms with E-state index in [4.69, 9.17) is 0 Å². The molecule has 1 heterocycles. The molecule has 0 radical (unpaired) electrons. The summed E-state index contributed by atoms with van der Waals surface area (Å²) in [5.41, 5.74) is 3.71.